The molecule has 0 aliphatic rings. The van der Waals surface area contributed by atoms with Crippen molar-refractivity contribution >= 4 is 5.97 Å². The van der Waals surface area contributed by atoms with Crippen molar-refractivity contribution in [2.75, 3.05) is 7.11 Å². The molecule has 0 saturated carbocycles. The van der Waals surface area contributed by atoms with Gasteiger partial charge in [-0.05, 0) is 25.3 Å². The Morgan fingerprint density at radius 3 is 2.43 bits per heavy atom. The van der Waals surface area contributed by atoms with Gasteiger partial charge in [0.15, 0.2) is 0 Å². The fraction of sp³-hybridized carbons (Fsp3) is 0.435. The van der Waals surface area contributed by atoms with E-state index in [2.05, 4.69) is 16.6 Å². The second kappa shape index (κ2) is 17.3. The summed E-state index contributed by atoms with van der Waals surface area (Å²) in [5, 5.41) is 19.4. The molecule has 0 radical (unpaired) electrons. The minimum Gasteiger partial charge on any atom is -0.469 e. The van der Waals surface area contributed by atoms with Crippen LogP contribution in [-0.2, 0) is 9.53 Å². The lowest BCUT2D eigenvalue weighted by Crippen LogP contribution is -2.03. The first-order valence-corrected chi connectivity index (χ1v) is 9.53. The Bertz CT molecular complexity index is 677. The van der Waals surface area contributed by atoms with Crippen molar-refractivity contribution in [1.29, 1.82) is 0 Å². The smallest absolute Gasteiger partial charge is 0.392 e. The van der Waals surface area contributed by atoms with Gasteiger partial charge in [0.2, 0.25) is 0 Å². The average molecular weight is 426 g/mol. The highest BCUT2D eigenvalue weighted by atomic mass is 19.4. The van der Waals surface area contributed by atoms with E-state index in [1.165, 1.54) is 19.3 Å². The predicted octanol–water partition coefficient (Wildman–Crippen LogP) is 4.57. The van der Waals surface area contributed by atoms with Crippen LogP contribution >= 0.6 is 0 Å². The Balaban J connectivity index is 4.00. The minimum atomic E-state index is -4.18. The fourth-order valence-electron chi connectivity index (χ4n) is 1.95. The number of hydrogen-bond donors (Lipinski definition) is 2. The van der Waals surface area contributed by atoms with Gasteiger partial charge in [0.1, 0.15) is 6.10 Å². The number of carbonyl (C=O) groups is 1. The van der Waals surface area contributed by atoms with Gasteiger partial charge in [-0.3, -0.25) is 4.79 Å². The molecule has 0 fully saturated rings. The molecular weight excluding hydrogens is 397 g/mol. The quantitative estimate of drug-likeness (QED) is 0.208. The third-order valence-corrected chi connectivity index (χ3v) is 3.48. The van der Waals surface area contributed by atoms with Crippen LogP contribution in [0.5, 0.6) is 0 Å². The van der Waals surface area contributed by atoms with Crippen molar-refractivity contribution in [3.05, 3.63) is 60.8 Å². The first-order valence-electron chi connectivity index (χ1n) is 9.53. The number of methoxy groups -OCH3 is 1. The minimum absolute atomic E-state index is 0.274. The van der Waals surface area contributed by atoms with Crippen molar-refractivity contribution in [3.8, 4) is 11.8 Å². The molecule has 0 saturated heterocycles. The number of rotatable bonds is 12. The normalized spacial score (nSPS) is 14.7. The summed E-state index contributed by atoms with van der Waals surface area (Å²) in [7, 11) is 1.34. The Labute approximate surface area is 176 Å². The summed E-state index contributed by atoms with van der Waals surface area (Å²) in [6.45, 7) is 0. The van der Waals surface area contributed by atoms with Crippen LogP contribution in [0.2, 0.25) is 0 Å². The Hall–Kier alpha value is -2.56. The Morgan fingerprint density at radius 2 is 1.73 bits per heavy atom. The predicted molar refractivity (Wildman–Crippen MR) is 111 cm³/mol. The first kappa shape index (κ1) is 27.4. The Kier molecular flexibility index (Phi) is 15.8. The second-order valence-electron chi connectivity index (χ2n) is 6.17. The van der Waals surface area contributed by atoms with E-state index in [0.717, 1.165) is 6.08 Å². The third kappa shape index (κ3) is 20.2. The van der Waals surface area contributed by atoms with Crippen LogP contribution < -0.4 is 0 Å². The maximum Gasteiger partial charge on any atom is 0.392 e. The topological polar surface area (TPSA) is 66.8 Å². The van der Waals surface area contributed by atoms with Gasteiger partial charge in [0, 0.05) is 12.8 Å². The van der Waals surface area contributed by atoms with Crippen molar-refractivity contribution in [2.24, 2.45) is 0 Å². The maximum absolute atomic E-state index is 11.9. The average Bonchev–Trinajstić information content (AvgIpc) is 2.68. The largest absolute Gasteiger partial charge is 0.469 e. The Morgan fingerprint density at radius 1 is 1.03 bits per heavy atom. The molecule has 0 aromatic carbocycles. The van der Waals surface area contributed by atoms with Gasteiger partial charge in [0.25, 0.3) is 0 Å². The molecule has 2 N–H and O–H groups in total. The number of aliphatic hydroxyl groups excluding tert-OH is 2. The molecule has 0 unspecified atom stereocenters. The van der Waals surface area contributed by atoms with Crippen LogP contribution in [0, 0.1) is 11.8 Å². The van der Waals surface area contributed by atoms with Crippen LogP contribution in [0.4, 0.5) is 13.2 Å². The zero-order valence-electron chi connectivity index (χ0n) is 17.0. The molecule has 0 amide bonds. The standard InChI is InChI=1S/C23H29F3O4/c1-30-22(29)18-12-7-11-17-21(28)16-10-5-4-9-15-20(27)14-8-3-2-6-13-19-23(24,25)26/h3-8,10-11,13,16,20-21,27-28H,2,12,14,17-19H2,1H3/t20-,21+/m0/s1. The molecule has 0 aliphatic carbocycles. The molecule has 166 valence electrons. The van der Waals surface area contributed by atoms with Crippen LogP contribution in [0.3, 0.4) is 0 Å². The monoisotopic (exact) mass is 426 g/mol. The first-order chi connectivity index (χ1) is 14.2. The van der Waals surface area contributed by atoms with Crippen LogP contribution in [0.15, 0.2) is 60.8 Å². The summed E-state index contributed by atoms with van der Waals surface area (Å²) in [6, 6.07) is 0. The summed E-state index contributed by atoms with van der Waals surface area (Å²) in [4.78, 5) is 10.9. The van der Waals surface area contributed by atoms with Gasteiger partial charge >= 0.3 is 12.1 Å². The molecule has 4 nitrogen and oxygen atoms in total. The van der Waals surface area contributed by atoms with E-state index < -0.39 is 24.8 Å². The van der Waals surface area contributed by atoms with Gasteiger partial charge in [-0.15, -0.1) is 0 Å². The fourth-order valence-corrected chi connectivity index (χ4v) is 1.95. The van der Waals surface area contributed by atoms with Gasteiger partial charge in [-0.25, -0.2) is 0 Å². The summed E-state index contributed by atoms with van der Waals surface area (Å²) in [5.74, 6) is 5.01. The molecule has 0 aromatic heterocycles. The van der Waals surface area contributed by atoms with Crippen LogP contribution in [0.25, 0.3) is 0 Å². The third-order valence-electron chi connectivity index (χ3n) is 3.48. The van der Waals surface area contributed by atoms with Crippen molar-refractivity contribution < 1.29 is 32.9 Å². The number of ether oxygens (including phenoxy) is 1. The second-order valence-corrected chi connectivity index (χ2v) is 6.17. The lowest BCUT2D eigenvalue weighted by atomic mass is 10.2. The summed E-state index contributed by atoms with van der Waals surface area (Å²) in [5.41, 5.74) is 0. The SMILES string of the molecule is COC(=O)CCC=CC[C@H](O)C=CC=CC#C[C@@H](O)CC=CCC=CCC(F)(F)F. The van der Waals surface area contributed by atoms with Gasteiger partial charge in [-0.2, -0.15) is 13.2 Å². The van der Waals surface area contributed by atoms with Crippen molar-refractivity contribution in [2.45, 2.75) is 56.9 Å². The van der Waals surface area contributed by atoms with Gasteiger partial charge in [-0.1, -0.05) is 66.5 Å². The maximum atomic E-state index is 11.9. The molecule has 0 spiro atoms. The molecule has 2 atom stereocenters. The number of aliphatic hydroxyl groups is 2. The number of esters is 1. The van der Waals surface area contributed by atoms with E-state index in [1.807, 2.05) is 6.08 Å². The zero-order valence-corrected chi connectivity index (χ0v) is 17.0. The summed E-state index contributed by atoms with van der Waals surface area (Å²) in [6.07, 6.45) is 11.1. The molecule has 0 rings (SSSR count). The highest BCUT2D eigenvalue weighted by molar-refractivity contribution is 5.69. The summed E-state index contributed by atoms with van der Waals surface area (Å²) >= 11 is 0. The lowest BCUT2D eigenvalue weighted by molar-refractivity contribution is -0.140. The zero-order chi connectivity index (χ0) is 22.7. The molecule has 0 aliphatic heterocycles. The van der Waals surface area contributed by atoms with E-state index in [4.69, 9.17) is 0 Å². The van der Waals surface area contributed by atoms with E-state index in [-0.39, 0.29) is 12.4 Å². The molecule has 0 aromatic rings. The van der Waals surface area contributed by atoms with Crippen LogP contribution in [0.1, 0.15) is 38.5 Å². The number of alkyl halides is 3. The van der Waals surface area contributed by atoms with E-state index in [0.29, 0.717) is 25.7 Å². The van der Waals surface area contributed by atoms with E-state index >= 15 is 0 Å². The molecule has 30 heavy (non-hydrogen) atoms. The lowest BCUT2D eigenvalue weighted by Gasteiger charge is -1.99. The summed E-state index contributed by atoms with van der Waals surface area (Å²) < 4.78 is 40.3. The molecular formula is C23H29F3O4. The van der Waals surface area contributed by atoms with Crippen LogP contribution in [-0.4, -0.2) is 41.7 Å². The van der Waals surface area contributed by atoms with Gasteiger partial charge in [0.05, 0.1) is 19.6 Å². The molecule has 7 heteroatoms. The molecule has 0 bridgehead atoms. The molecule has 0 heterocycles. The number of carbonyl (C=O) groups excluding carboxylic acids is 1. The van der Waals surface area contributed by atoms with Gasteiger partial charge < -0.3 is 14.9 Å². The number of hydrogen-bond acceptors (Lipinski definition) is 4. The highest BCUT2D eigenvalue weighted by Crippen LogP contribution is 2.19. The van der Waals surface area contributed by atoms with Crippen molar-refractivity contribution in [1.82, 2.24) is 0 Å². The highest BCUT2D eigenvalue weighted by Gasteiger charge is 2.24. The van der Waals surface area contributed by atoms with E-state index in [1.54, 1.807) is 36.5 Å². The number of halogens is 3. The number of allylic oxidation sites excluding steroid dienone is 7. The van der Waals surface area contributed by atoms with E-state index in [9.17, 15) is 28.2 Å². The van der Waals surface area contributed by atoms with Crippen molar-refractivity contribution in [3.63, 3.8) is 0 Å².